The molecule has 1 amide bonds. The number of hydrazine groups is 1. The lowest BCUT2D eigenvalue weighted by atomic mass is 10.2. The quantitative estimate of drug-likeness (QED) is 0.586. The summed E-state index contributed by atoms with van der Waals surface area (Å²) in [5.74, 6) is 6.63. The van der Waals surface area contributed by atoms with Crippen molar-refractivity contribution in [1.82, 2.24) is 10.3 Å². The van der Waals surface area contributed by atoms with E-state index in [0.717, 1.165) is 0 Å². The standard InChI is InChI=1S/C12H17ClN4OS/c13-10-5-8(6-15-11(10)17-14)12(18)16-7-9-3-1-2-4-19-9/h5-6,9H,1-4,7,14H2,(H,15,17)(H,16,18). The van der Waals surface area contributed by atoms with Crippen molar-refractivity contribution in [2.75, 3.05) is 17.7 Å². The van der Waals surface area contributed by atoms with Crippen molar-refractivity contribution >= 4 is 35.1 Å². The Morgan fingerprint density at radius 2 is 2.42 bits per heavy atom. The van der Waals surface area contributed by atoms with E-state index in [1.165, 1.54) is 31.2 Å². The number of nitrogens with two attached hydrogens (primary N) is 1. The molecule has 0 aromatic carbocycles. The number of nitrogens with one attached hydrogen (secondary N) is 2. The molecule has 1 aromatic heterocycles. The van der Waals surface area contributed by atoms with E-state index in [4.69, 9.17) is 17.4 Å². The van der Waals surface area contributed by atoms with E-state index in [-0.39, 0.29) is 5.91 Å². The van der Waals surface area contributed by atoms with Gasteiger partial charge in [-0.05, 0) is 24.7 Å². The molecule has 0 aliphatic carbocycles. The third-order valence-corrected chi connectivity index (χ3v) is 4.69. The summed E-state index contributed by atoms with van der Waals surface area (Å²) in [6, 6.07) is 1.56. The van der Waals surface area contributed by atoms with Crippen LogP contribution in [-0.4, -0.2) is 28.4 Å². The number of aromatic nitrogens is 1. The monoisotopic (exact) mass is 300 g/mol. The minimum atomic E-state index is -0.149. The Balaban J connectivity index is 1.90. The lowest BCUT2D eigenvalue weighted by molar-refractivity contribution is 0.0953. The summed E-state index contributed by atoms with van der Waals surface area (Å²) in [6.07, 6.45) is 5.16. The van der Waals surface area contributed by atoms with E-state index in [1.807, 2.05) is 11.8 Å². The number of halogens is 1. The van der Waals surface area contributed by atoms with Crippen LogP contribution in [0, 0.1) is 0 Å². The van der Waals surface area contributed by atoms with Gasteiger partial charge >= 0.3 is 0 Å². The number of anilines is 1. The Kier molecular flexibility index (Phi) is 5.30. The number of amides is 1. The molecule has 19 heavy (non-hydrogen) atoms. The van der Waals surface area contributed by atoms with Gasteiger partial charge in [-0.3, -0.25) is 4.79 Å². The Hall–Kier alpha value is -0.980. The van der Waals surface area contributed by atoms with Crippen molar-refractivity contribution in [1.29, 1.82) is 0 Å². The maximum atomic E-state index is 12.0. The first-order valence-electron chi connectivity index (χ1n) is 6.22. The average Bonchev–Trinajstić information content (AvgIpc) is 2.45. The zero-order valence-electron chi connectivity index (χ0n) is 10.5. The van der Waals surface area contributed by atoms with E-state index in [0.29, 0.717) is 28.2 Å². The van der Waals surface area contributed by atoms with Crippen molar-refractivity contribution in [2.45, 2.75) is 24.5 Å². The smallest absolute Gasteiger partial charge is 0.252 e. The third-order valence-electron chi connectivity index (χ3n) is 3.00. The minimum absolute atomic E-state index is 0.149. The van der Waals surface area contributed by atoms with Gasteiger partial charge in [0, 0.05) is 18.0 Å². The van der Waals surface area contributed by atoms with Crippen LogP contribution in [0.5, 0.6) is 0 Å². The Morgan fingerprint density at radius 1 is 1.58 bits per heavy atom. The lowest BCUT2D eigenvalue weighted by Gasteiger charge is -2.21. The number of thioether (sulfide) groups is 1. The summed E-state index contributed by atoms with van der Waals surface area (Å²) in [6.45, 7) is 0.692. The average molecular weight is 301 g/mol. The van der Waals surface area contributed by atoms with Gasteiger partial charge in [-0.1, -0.05) is 18.0 Å². The molecular weight excluding hydrogens is 284 g/mol. The first-order chi connectivity index (χ1) is 9.20. The van der Waals surface area contributed by atoms with E-state index in [9.17, 15) is 4.79 Å². The zero-order valence-corrected chi connectivity index (χ0v) is 12.1. The number of pyridine rings is 1. The predicted molar refractivity (Wildman–Crippen MR) is 79.5 cm³/mol. The van der Waals surface area contributed by atoms with Gasteiger partial charge in [0.05, 0.1) is 10.6 Å². The molecular formula is C12H17ClN4OS. The maximum absolute atomic E-state index is 12.0. The fourth-order valence-electron chi connectivity index (χ4n) is 1.95. The zero-order chi connectivity index (χ0) is 13.7. The molecule has 2 heterocycles. The molecule has 104 valence electrons. The highest BCUT2D eigenvalue weighted by atomic mass is 35.5. The number of hydrogen-bond donors (Lipinski definition) is 3. The summed E-state index contributed by atoms with van der Waals surface area (Å²) in [4.78, 5) is 15.9. The number of hydrogen-bond acceptors (Lipinski definition) is 5. The normalized spacial score (nSPS) is 18.9. The molecule has 1 saturated heterocycles. The van der Waals surface area contributed by atoms with Crippen LogP contribution in [0.15, 0.2) is 12.3 Å². The lowest BCUT2D eigenvalue weighted by Crippen LogP contribution is -2.32. The molecule has 1 fully saturated rings. The second kappa shape index (κ2) is 6.98. The number of carbonyl (C=O) groups excluding carboxylic acids is 1. The molecule has 2 rings (SSSR count). The van der Waals surface area contributed by atoms with Crippen molar-refractivity contribution in [3.05, 3.63) is 22.8 Å². The van der Waals surface area contributed by atoms with Crippen LogP contribution >= 0.6 is 23.4 Å². The molecule has 0 saturated carbocycles. The fraction of sp³-hybridized carbons (Fsp3) is 0.500. The summed E-state index contributed by atoms with van der Waals surface area (Å²) in [5.41, 5.74) is 2.82. The minimum Gasteiger partial charge on any atom is -0.351 e. The van der Waals surface area contributed by atoms with Gasteiger partial charge < -0.3 is 10.7 Å². The molecule has 1 aliphatic heterocycles. The molecule has 0 radical (unpaired) electrons. The van der Waals surface area contributed by atoms with Crippen LogP contribution in [0.2, 0.25) is 5.02 Å². The number of nitrogens with zero attached hydrogens (tertiary/aromatic N) is 1. The summed E-state index contributed by atoms with van der Waals surface area (Å²) in [5, 5.41) is 3.78. The maximum Gasteiger partial charge on any atom is 0.252 e. The van der Waals surface area contributed by atoms with Gasteiger partial charge in [-0.15, -0.1) is 0 Å². The van der Waals surface area contributed by atoms with E-state index in [2.05, 4.69) is 15.7 Å². The second-order valence-electron chi connectivity index (χ2n) is 4.40. The Labute approximate surface area is 121 Å². The summed E-state index contributed by atoms with van der Waals surface area (Å²) >= 11 is 7.86. The van der Waals surface area contributed by atoms with Crippen molar-refractivity contribution in [2.24, 2.45) is 5.84 Å². The molecule has 1 atom stereocenters. The van der Waals surface area contributed by atoms with Gasteiger partial charge in [0.25, 0.3) is 5.91 Å². The first-order valence-corrected chi connectivity index (χ1v) is 7.65. The van der Waals surface area contributed by atoms with Crippen molar-refractivity contribution in [3.63, 3.8) is 0 Å². The van der Waals surface area contributed by atoms with Gasteiger partial charge in [-0.25, -0.2) is 10.8 Å². The Morgan fingerprint density at radius 3 is 3.05 bits per heavy atom. The van der Waals surface area contributed by atoms with Crippen LogP contribution in [0.3, 0.4) is 0 Å². The topological polar surface area (TPSA) is 80.0 Å². The van der Waals surface area contributed by atoms with E-state index >= 15 is 0 Å². The van der Waals surface area contributed by atoms with Crippen LogP contribution in [-0.2, 0) is 0 Å². The largest absolute Gasteiger partial charge is 0.351 e. The molecule has 1 unspecified atom stereocenters. The highest BCUT2D eigenvalue weighted by Crippen LogP contribution is 2.24. The molecule has 4 N–H and O–H groups in total. The van der Waals surface area contributed by atoms with E-state index in [1.54, 1.807) is 6.07 Å². The first kappa shape index (κ1) is 14.4. The number of carbonyl (C=O) groups is 1. The number of rotatable bonds is 4. The van der Waals surface area contributed by atoms with Gasteiger partial charge in [0.15, 0.2) is 5.82 Å². The fourth-order valence-corrected chi connectivity index (χ4v) is 3.40. The molecule has 7 heteroatoms. The summed E-state index contributed by atoms with van der Waals surface area (Å²) < 4.78 is 0. The SMILES string of the molecule is NNc1ncc(C(=O)NCC2CCCCS2)cc1Cl. The molecule has 5 nitrogen and oxygen atoms in total. The van der Waals surface area contributed by atoms with Crippen LogP contribution in [0.25, 0.3) is 0 Å². The third kappa shape index (κ3) is 3.99. The van der Waals surface area contributed by atoms with E-state index < -0.39 is 0 Å². The highest BCUT2D eigenvalue weighted by Gasteiger charge is 2.16. The molecule has 0 spiro atoms. The highest BCUT2D eigenvalue weighted by molar-refractivity contribution is 7.99. The summed E-state index contributed by atoms with van der Waals surface area (Å²) in [7, 11) is 0. The van der Waals surface area contributed by atoms with Crippen LogP contribution in [0.4, 0.5) is 5.82 Å². The number of nitrogen functional groups attached to an aromatic ring is 1. The predicted octanol–water partition coefficient (Wildman–Crippen LogP) is 2.04. The Bertz CT molecular complexity index is 451. The van der Waals surface area contributed by atoms with Gasteiger partial charge in [-0.2, -0.15) is 11.8 Å². The molecule has 0 bridgehead atoms. The molecule has 1 aromatic rings. The van der Waals surface area contributed by atoms with Crippen molar-refractivity contribution < 1.29 is 4.79 Å². The molecule has 1 aliphatic rings. The van der Waals surface area contributed by atoms with Gasteiger partial charge in [0.1, 0.15) is 0 Å². The van der Waals surface area contributed by atoms with Crippen molar-refractivity contribution in [3.8, 4) is 0 Å². The van der Waals surface area contributed by atoms with Gasteiger partial charge in [0.2, 0.25) is 0 Å². The van der Waals surface area contributed by atoms with Crippen LogP contribution in [0.1, 0.15) is 29.6 Å². The second-order valence-corrected chi connectivity index (χ2v) is 6.21. The van der Waals surface area contributed by atoms with Crippen LogP contribution < -0.4 is 16.6 Å².